The molecule has 3 aromatic rings. The van der Waals surface area contributed by atoms with E-state index in [2.05, 4.69) is 22.9 Å². The molecule has 1 saturated heterocycles. The summed E-state index contributed by atoms with van der Waals surface area (Å²) in [5, 5.41) is 13.8. The smallest absolute Gasteiger partial charge is 0.321 e. The number of carbonyl (C=O) groups excluding carboxylic acids is 1. The second-order valence-electron chi connectivity index (χ2n) is 7.80. The Morgan fingerprint density at radius 3 is 2.53 bits per heavy atom. The van der Waals surface area contributed by atoms with Gasteiger partial charge in [-0.05, 0) is 49.6 Å². The normalized spacial score (nSPS) is 13.3. The fourth-order valence-electron chi connectivity index (χ4n) is 4.24. The van der Waals surface area contributed by atoms with E-state index in [1.807, 2.05) is 47.4 Å². The maximum Gasteiger partial charge on any atom is 0.321 e. The molecule has 4 rings (SSSR count). The monoisotopic (exact) mass is 432 g/mol. The third kappa shape index (κ3) is 4.27. The molecular formula is C25H28N4O3. The van der Waals surface area contributed by atoms with Crippen molar-refractivity contribution in [1.29, 1.82) is 5.26 Å². The van der Waals surface area contributed by atoms with Crippen molar-refractivity contribution >= 4 is 22.6 Å². The molecule has 0 spiro atoms. The van der Waals surface area contributed by atoms with Gasteiger partial charge in [-0.25, -0.2) is 4.79 Å². The highest BCUT2D eigenvalue weighted by molar-refractivity contribution is 5.96. The lowest BCUT2D eigenvalue weighted by Gasteiger charge is -2.16. The second-order valence-corrected chi connectivity index (χ2v) is 7.80. The number of anilines is 1. The van der Waals surface area contributed by atoms with Gasteiger partial charge in [0.15, 0.2) is 0 Å². The molecule has 0 unspecified atom stereocenters. The third-order valence-electron chi connectivity index (χ3n) is 5.82. The van der Waals surface area contributed by atoms with Gasteiger partial charge < -0.3 is 24.3 Å². The zero-order valence-electron chi connectivity index (χ0n) is 18.6. The predicted molar refractivity (Wildman–Crippen MR) is 125 cm³/mol. The standard InChI is InChI=1S/C25H28N4O3/c1-3-29-23-16-20(32-15-14-31-2)10-11-21(23)22(17-26)24(29)18-6-8-19(9-7-18)27-25(30)28-12-4-5-13-28/h6-11,16H,3-5,12-15H2,1-2H3,(H,27,30). The van der Waals surface area contributed by atoms with Gasteiger partial charge in [-0.3, -0.25) is 0 Å². The van der Waals surface area contributed by atoms with E-state index in [-0.39, 0.29) is 6.03 Å². The molecule has 1 aromatic heterocycles. The molecule has 2 heterocycles. The highest BCUT2D eigenvalue weighted by Gasteiger charge is 2.20. The number of aryl methyl sites for hydroxylation is 1. The topological polar surface area (TPSA) is 79.5 Å². The zero-order chi connectivity index (χ0) is 22.5. The van der Waals surface area contributed by atoms with E-state index >= 15 is 0 Å². The molecule has 0 saturated carbocycles. The number of benzene rings is 2. The van der Waals surface area contributed by atoms with Crippen molar-refractivity contribution < 1.29 is 14.3 Å². The Bertz CT molecular complexity index is 1140. The third-order valence-corrected chi connectivity index (χ3v) is 5.82. The number of urea groups is 1. The Balaban J connectivity index is 1.65. The van der Waals surface area contributed by atoms with Crippen LogP contribution in [-0.4, -0.2) is 48.9 Å². The van der Waals surface area contributed by atoms with Gasteiger partial charge in [0.05, 0.1) is 23.4 Å². The quantitative estimate of drug-likeness (QED) is 0.541. The van der Waals surface area contributed by atoms with Gasteiger partial charge in [-0.1, -0.05) is 12.1 Å². The molecule has 0 bridgehead atoms. The number of hydrogen-bond acceptors (Lipinski definition) is 4. The van der Waals surface area contributed by atoms with Gasteiger partial charge in [0.25, 0.3) is 0 Å². The van der Waals surface area contributed by atoms with E-state index in [1.54, 1.807) is 7.11 Å². The first-order chi connectivity index (χ1) is 15.7. The van der Waals surface area contributed by atoms with Crippen LogP contribution in [0.2, 0.25) is 0 Å². The highest BCUT2D eigenvalue weighted by atomic mass is 16.5. The summed E-state index contributed by atoms with van der Waals surface area (Å²) in [6, 6.07) is 15.8. The van der Waals surface area contributed by atoms with Gasteiger partial charge in [-0.2, -0.15) is 5.26 Å². The lowest BCUT2D eigenvalue weighted by atomic mass is 10.1. The Hall–Kier alpha value is -3.50. The summed E-state index contributed by atoms with van der Waals surface area (Å²) in [5.74, 6) is 0.748. The van der Waals surface area contributed by atoms with Gasteiger partial charge in [0.1, 0.15) is 18.4 Å². The highest BCUT2D eigenvalue weighted by Crippen LogP contribution is 2.35. The number of amides is 2. The van der Waals surface area contributed by atoms with E-state index in [9.17, 15) is 10.1 Å². The number of methoxy groups -OCH3 is 1. The van der Waals surface area contributed by atoms with Crippen LogP contribution in [0.1, 0.15) is 25.3 Å². The fourth-order valence-corrected chi connectivity index (χ4v) is 4.24. The summed E-state index contributed by atoms with van der Waals surface area (Å²) in [4.78, 5) is 14.2. The van der Waals surface area contributed by atoms with Gasteiger partial charge >= 0.3 is 6.03 Å². The molecule has 1 fully saturated rings. The Morgan fingerprint density at radius 2 is 1.88 bits per heavy atom. The molecule has 2 amide bonds. The lowest BCUT2D eigenvalue weighted by Crippen LogP contribution is -2.32. The zero-order valence-corrected chi connectivity index (χ0v) is 18.6. The van der Waals surface area contributed by atoms with Crippen molar-refractivity contribution in [2.24, 2.45) is 0 Å². The molecule has 0 radical (unpaired) electrons. The van der Waals surface area contributed by atoms with Gasteiger partial charge in [0.2, 0.25) is 0 Å². The lowest BCUT2D eigenvalue weighted by molar-refractivity contribution is 0.146. The van der Waals surface area contributed by atoms with Crippen molar-refractivity contribution in [2.75, 3.05) is 38.7 Å². The Labute approximate surface area is 188 Å². The first-order valence-corrected chi connectivity index (χ1v) is 11.0. The number of hydrogen-bond donors (Lipinski definition) is 1. The van der Waals surface area contributed by atoms with E-state index in [0.29, 0.717) is 25.3 Å². The molecule has 166 valence electrons. The number of nitrogens with zero attached hydrogens (tertiary/aromatic N) is 3. The molecule has 32 heavy (non-hydrogen) atoms. The van der Waals surface area contributed by atoms with Crippen LogP contribution in [0, 0.1) is 11.3 Å². The number of carbonyl (C=O) groups is 1. The van der Waals surface area contributed by atoms with Crippen LogP contribution in [-0.2, 0) is 11.3 Å². The van der Waals surface area contributed by atoms with Crippen molar-refractivity contribution in [3.63, 3.8) is 0 Å². The summed E-state index contributed by atoms with van der Waals surface area (Å²) >= 11 is 0. The fraction of sp³-hybridized carbons (Fsp3) is 0.360. The molecule has 0 aliphatic carbocycles. The minimum Gasteiger partial charge on any atom is -0.491 e. The summed E-state index contributed by atoms with van der Waals surface area (Å²) in [5.41, 5.74) is 4.15. The number of nitrogens with one attached hydrogen (secondary N) is 1. The average molecular weight is 433 g/mol. The van der Waals surface area contributed by atoms with Crippen molar-refractivity contribution in [3.8, 4) is 23.1 Å². The number of nitriles is 1. The molecule has 1 N–H and O–H groups in total. The number of aromatic nitrogens is 1. The number of rotatable bonds is 7. The van der Waals surface area contributed by atoms with Crippen LogP contribution in [0.5, 0.6) is 5.75 Å². The van der Waals surface area contributed by atoms with Crippen molar-refractivity contribution in [1.82, 2.24) is 9.47 Å². The first-order valence-electron chi connectivity index (χ1n) is 11.0. The van der Waals surface area contributed by atoms with E-state index in [4.69, 9.17) is 9.47 Å². The Kier molecular flexibility index (Phi) is 6.62. The van der Waals surface area contributed by atoms with Crippen LogP contribution in [0.3, 0.4) is 0 Å². The molecule has 7 heteroatoms. The predicted octanol–water partition coefficient (Wildman–Crippen LogP) is 4.85. The minimum atomic E-state index is -0.0587. The number of ether oxygens (including phenoxy) is 2. The minimum absolute atomic E-state index is 0.0587. The van der Waals surface area contributed by atoms with Crippen LogP contribution >= 0.6 is 0 Å². The second kappa shape index (κ2) is 9.75. The maximum absolute atomic E-state index is 12.4. The summed E-state index contributed by atoms with van der Waals surface area (Å²) in [7, 11) is 1.64. The summed E-state index contributed by atoms with van der Waals surface area (Å²) in [6.45, 7) is 5.38. The van der Waals surface area contributed by atoms with Crippen molar-refractivity contribution in [2.45, 2.75) is 26.3 Å². The molecule has 1 aliphatic rings. The first kappa shape index (κ1) is 21.7. The largest absolute Gasteiger partial charge is 0.491 e. The number of likely N-dealkylation sites (tertiary alicyclic amines) is 1. The molecule has 1 aliphatic heterocycles. The van der Waals surface area contributed by atoms with E-state index < -0.39 is 0 Å². The van der Waals surface area contributed by atoms with Gasteiger partial charge in [0, 0.05) is 43.9 Å². The van der Waals surface area contributed by atoms with Gasteiger partial charge in [-0.15, -0.1) is 0 Å². The summed E-state index contributed by atoms with van der Waals surface area (Å²) < 4.78 is 13.0. The van der Waals surface area contributed by atoms with Crippen LogP contribution in [0.4, 0.5) is 10.5 Å². The molecule has 0 atom stereocenters. The SMILES string of the molecule is CCn1c(-c2ccc(NC(=O)N3CCCC3)cc2)c(C#N)c2ccc(OCCOC)cc21. The number of fused-ring (bicyclic) bond motifs is 1. The van der Waals surface area contributed by atoms with Crippen LogP contribution < -0.4 is 10.1 Å². The Morgan fingerprint density at radius 1 is 1.12 bits per heavy atom. The van der Waals surface area contributed by atoms with Crippen molar-refractivity contribution in [3.05, 3.63) is 48.0 Å². The summed E-state index contributed by atoms with van der Waals surface area (Å²) in [6.07, 6.45) is 2.12. The van der Waals surface area contributed by atoms with Crippen LogP contribution in [0.15, 0.2) is 42.5 Å². The average Bonchev–Trinajstić information content (AvgIpc) is 3.46. The van der Waals surface area contributed by atoms with E-state index in [1.165, 1.54) is 0 Å². The molecular weight excluding hydrogens is 404 g/mol. The van der Waals surface area contributed by atoms with E-state index in [0.717, 1.165) is 59.5 Å². The van der Waals surface area contributed by atoms with Crippen LogP contribution in [0.25, 0.3) is 22.2 Å². The maximum atomic E-state index is 12.4. The molecule has 2 aromatic carbocycles. The molecule has 7 nitrogen and oxygen atoms in total.